The minimum Gasteiger partial charge on any atom is -0.465 e. The highest BCUT2D eigenvalue weighted by atomic mass is 19.4. The van der Waals surface area contributed by atoms with Crippen molar-refractivity contribution in [3.63, 3.8) is 0 Å². The molecule has 0 bridgehead atoms. The number of halogens is 3. The van der Waals surface area contributed by atoms with E-state index in [1.807, 2.05) is 12.1 Å². The molecule has 1 atom stereocenters. The molecule has 0 spiro atoms. The smallest absolute Gasteiger partial charge is 0.419 e. The van der Waals surface area contributed by atoms with E-state index in [0.29, 0.717) is 24.7 Å². The van der Waals surface area contributed by atoms with Crippen LogP contribution >= 0.6 is 0 Å². The Kier molecular flexibility index (Phi) is 6.64. The molecular weight excluding hydrogens is 437 g/mol. The summed E-state index contributed by atoms with van der Waals surface area (Å²) in [7, 11) is 1.34. The van der Waals surface area contributed by atoms with Crippen molar-refractivity contribution in [2.45, 2.75) is 25.1 Å². The number of nitrogens with zero attached hydrogens (tertiary/aromatic N) is 3. The number of pyridine rings is 1. The van der Waals surface area contributed by atoms with E-state index >= 15 is 0 Å². The molecule has 1 unspecified atom stereocenters. The number of hydrogen-bond acceptors (Lipinski definition) is 6. The van der Waals surface area contributed by atoms with Gasteiger partial charge in [0.15, 0.2) is 5.82 Å². The summed E-state index contributed by atoms with van der Waals surface area (Å²) >= 11 is 0. The van der Waals surface area contributed by atoms with Gasteiger partial charge in [-0.05, 0) is 48.6 Å². The maximum Gasteiger partial charge on any atom is 0.419 e. The number of aromatic nitrogens is 3. The zero-order valence-corrected chi connectivity index (χ0v) is 17.9. The molecule has 0 saturated carbocycles. The molecule has 7 nitrogen and oxygen atoms in total. The molecule has 0 radical (unpaired) electrons. The maximum absolute atomic E-state index is 12.8. The zero-order valence-electron chi connectivity index (χ0n) is 17.9. The van der Waals surface area contributed by atoms with Gasteiger partial charge in [0.2, 0.25) is 0 Å². The summed E-state index contributed by atoms with van der Waals surface area (Å²) in [6.07, 6.45) is 0.528. The molecule has 33 heavy (non-hydrogen) atoms. The Morgan fingerprint density at radius 2 is 1.88 bits per heavy atom. The van der Waals surface area contributed by atoms with Gasteiger partial charge < -0.3 is 14.8 Å². The molecule has 0 aliphatic carbocycles. The van der Waals surface area contributed by atoms with Gasteiger partial charge in [0.05, 0.1) is 42.4 Å². The lowest BCUT2D eigenvalue weighted by Crippen LogP contribution is -2.27. The second-order valence-corrected chi connectivity index (χ2v) is 7.76. The summed E-state index contributed by atoms with van der Waals surface area (Å²) in [5.41, 5.74) is 1.35. The number of alkyl halides is 3. The Hall–Kier alpha value is -3.40. The monoisotopic (exact) mass is 460 g/mol. The number of hydrogen-bond donors (Lipinski definition) is 1. The first-order chi connectivity index (χ1) is 15.8. The van der Waals surface area contributed by atoms with Gasteiger partial charge in [-0.3, -0.25) is 0 Å². The van der Waals surface area contributed by atoms with Crippen LogP contribution < -0.4 is 5.32 Å². The highest BCUT2D eigenvalue weighted by Gasteiger charge is 2.32. The number of anilines is 1. The molecule has 10 heteroatoms. The Morgan fingerprint density at radius 3 is 2.45 bits per heavy atom. The normalized spacial score (nSPS) is 15.8. The highest BCUT2D eigenvalue weighted by Crippen LogP contribution is 2.34. The van der Waals surface area contributed by atoms with Crippen molar-refractivity contribution in [3.8, 4) is 5.82 Å². The van der Waals surface area contributed by atoms with Gasteiger partial charge in [-0.1, -0.05) is 12.1 Å². The molecule has 2 aromatic heterocycles. The van der Waals surface area contributed by atoms with Crippen molar-refractivity contribution in [1.82, 2.24) is 14.8 Å². The summed E-state index contributed by atoms with van der Waals surface area (Å²) in [5.74, 6) is 0.174. The van der Waals surface area contributed by atoms with Gasteiger partial charge in [-0.25, -0.2) is 14.5 Å². The van der Waals surface area contributed by atoms with E-state index in [9.17, 15) is 18.0 Å². The van der Waals surface area contributed by atoms with Crippen LogP contribution in [-0.2, 0) is 15.7 Å². The van der Waals surface area contributed by atoms with Crippen LogP contribution in [0.15, 0.2) is 55.0 Å². The number of esters is 1. The van der Waals surface area contributed by atoms with Crippen molar-refractivity contribution in [2.24, 2.45) is 5.92 Å². The van der Waals surface area contributed by atoms with Gasteiger partial charge in [0.1, 0.15) is 0 Å². The molecule has 1 aromatic carbocycles. The molecule has 3 heterocycles. The number of ether oxygens (including phenoxy) is 2. The van der Waals surface area contributed by atoms with Crippen LogP contribution in [0.5, 0.6) is 0 Å². The summed E-state index contributed by atoms with van der Waals surface area (Å²) < 4.78 is 49.9. The quantitative estimate of drug-likeness (QED) is 0.540. The Bertz CT molecular complexity index is 1080. The third-order valence-electron chi connectivity index (χ3n) is 5.64. The maximum atomic E-state index is 12.8. The Balaban J connectivity index is 1.54. The first kappa shape index (κ1) is 22.8. The molecular formula is C23H23F3N4O3. The fourth-order valence-electron chi connectivity index (χ4n) is 3.85. The molecule has 1 saturated heterocycles. The van der Waals surface area contributed by atoms with Crippen molar-refractivity contribution >= 4 is 11.7 Å². The fraction of sp³-hybridized carbons (Fsp3) is 0.348. The minimum atomic E-state index is -4.46. The molecule has 1 aliphatic rings. The van der Waals surface area contributed by atoms with E-state index in [1.54, 1.807) is 30.5 Å². The van der Waals surface area contributed by atoms with E-state index in [-0.39, 0.29) is 11.9 Å². The Morgan fingerprint density at radius 1 is 1.15 bits per heavy atom. The van der Waals surface area contributed by atoms with Gasteiger partial charge in [-0.15, -0.1) is 0 Å². The molecule has 174 valence electrons. The number of carbonyl (C=O) groups is 1. The SMILES string of the molecule is COC(=O)c1ccc(C(Nc2ccc(-n3cc(C(F)(F)F)cn3)nc2)C2CCOCC2)cc1. The van der Waals surface area contributed by atoms with E-state index < -0.39 is 17.7 Å². The summed E-state index contributed by atoms with van der Waals surface area (Å²) in [6.45, 7) is 1.34. The third kappa shape index (κ3) is 5.33. The summed E-state index contributed by atoms with van der Waals surface area (Å²) in [6, 6.07) is 10.5. The highest BCUT2D eigenvalue weighted by molar-refractivity contribution is 5.89. The summed E-state index contributed by atoms with van der Waals surface area (Å²) in [5, 5.41) is 7.25. The molecule has 1 aliphatic heterocycles. The van der Waals surface area contributed by atoms with Gasteiger partial charge in [0, 0.05) is 19.4 Å². The van der Waals surface area contributed by atoms with E-state index in [4.69, 9.17) is 9.47 Å². The van der Waals surface area contributed by atoms with Crippen molar-refractivity contribution in [3.05, 3.63) is 71.7 Å². The van der Waals surface area contributed by atoms with Crippen LogP contribution in [0, 0.1) is 5.92 Å². The lowest BCUT2D eigenvalue weighted by atomic mass is 9.86. The minimum absolute atomic E-state index is 0.0604. The topological polar surface area (TPSA) is 78.3 Å². The number of methoxy groups -OCH3 is 1. The van der Waals surface area contributed by atoms with E-state index in [2.05, 4.69) is 15.4 Å². The van der Waals surface area contributed by atoms with E-state index in [1.165, 1.54) is 7.11 Å². The third-order valence-corrected chi connectivity index (χ3v) is 5.64. The van der Waals surface area contributed by atoms with Crippen LogP contribution in [0.3, 0.4) is 0 Å². The number of rotatable bonds is 6. The number of carbonyl (C=O) groups excluding carboxylic acids is 1. The average Bonchev–Trinajstić information content (AvgIpc) is 3.34. The largest absolute Gasteiger partial charge is 0.465 e. The van der Waals surface area contributed by atoms with Gasteiger partial charge >= 0.3 is 12.1 Å². The second kappa shape index (κ2) is 9.62. The number of nitrogens with one attached hydrogen (secondary N) is 1. The van der Waals surface area contributed by atoms with Crippen LogP contribution in [0.25, 0.3) is 5.82 Å². The van der Waals surface area contributed by atoms with E-state index in [0.717, 1.165) is 41.2 Å². The molecule has 1 fully saturated rings. The van der Waals surface area contributed by atoms with Crippen molar-refractivity contribution in [1.29, 1.82) is 0 Å². The Labute approximate surface area is 188 Å². The lowest BCUT2D eigenvalue weighted by molar-refractivity contribution is -0.137. The predicted molar refractivity (Wildman–Crippen MR) is 114 cm³/mol. The van der Waals surface area contributed by atoms with Crippen LogP contribution in [0.1, 0.15) is 40.4 Å². The van der Waals surface area contributed by atoms with Crippen LogP contribution in [-0.4, -0.2) is 41.1 Å². The van der Waals surface area contributed by atoms with Gasteiger partial charge in [-0.2, -0.15) is 18.3 Å². The van der Waals surface area contributed by atoms with Crippen LogP contribution in [0.4, 0.5) is 18.9 Å². The first-order valence-electron chi connectivity index (χ1n) is 10.5. The lowest BCUT2D eigenvalue weighted by Gasteiger charge is -2.32. The summed E-state index contributed by atoms with van der Waals surface area (Å²) in [4.78, 5) is 16.0. The van der Waals surface area contributed by atoms with Crippen molar-refractivity contribution < 1.29 is 27.4 Å². The molecule has 4 rings (SSSR count). The van der Waals surface area contributed by atoms with Gasteiger partial charge in [0.25, 0.3) is 0 Å². The molecule has 0 amide bonds. The zero-order chi connectivity index (χ0) is 23.4. The van der Waals surface area contributed by atoms with Crippen LogP contribution in [0.2, 0.25) is 0 Å². The number of benzene rings is 1. The molecule has 3 aromatic rings. The fourth-order valence-corrected chi connectivity index (χ4v) is 3.85. The second-order valence-electron chi connectivity index (χ2n) is 7.76. The first-order valence-corrected chi connectivity index (χ1v) is 10.5. The van der Waals surface area contributed by atoms with Crippen molar-refractivity contribution in [2.75, 3.05) is 25.6 Å². The standard InChI is InChI=1S/C23H23F3N4O3/c1-32-22(31)17-4-2-15(3-5-17)21(16-8-10-33-11-9-16)29-19-6-7-20(27-13-19)30-14-18(12-28-30)23(24,25)26/h2-7,12-14,16,21,29H,8-11H2,1H3. The average molecular weight is 460 g/mol. The predicted octanol–water partition coefficient (Wildman–Crippen LogP) is 4.65. The molecule has 1 N–H and O–H groups in total.